The van der Waals surface area contributed by atoms with E-state index < -0.39 is 0 Å². The molecule has 1 unspecified atom stereocenters. The average molecular weight is 228 g/mol. The van der Waals surface area contributed by atoms with Gasteiger partial charge < -0.3 is 4.79 Å². The highest BCUT2D eigenvalue weighted by atomic mass is 32.2. The zero-order valence-electron chi connectivity index (χ0n) is 8.85. The summed E-state index contributed by atoms with van der Waals surface area (Å²) in [5, 5.41) is 2.79. The molecule has 0 bridgehead atoms. The number of rotatable bonds is 1. The molecule has 1 nitrogen and oxygen atoms in total. The quantitative estimate of drug-likeness (QED) is 0.695. The highest BCUT2D eigenvalue weighted by Gasteiger charge is 2.19. The summed E-state index contributed by atoms with van der Waals surface area (Å²) in [6.07, 6.45) is 3.06. The van der Waals surface area contributed by atoms with E-state index in [1.165, 1.54) is 21.2 Å². The molecule has 1 aliphatic rings. The van der Waals surface area contributed by atoms with Crippen LogP contribution in [0.25, 0.3) is 10.8 Å². The van der Waals surface area contributed by atoms with Crippen LogP contribution in [-0.4, -0.2) is 11.5 Å². The van der Waals surface area contributed by atoms with E-state index >= 15 is 0 Å². The van der Waals surface area contributed by atoms with Gasteiger partial charge in [-0.1, -0.05) is 30.3 Å². The number of hydrogen-bond acceptors (Lipinski definition) is 2. The summed E-state index contributed by atoms with van der Waals surface area (Å²) in [5.41, 5.74) is 1.42. The fraction of sp³-hybridized carbons (Fsp3) is 0.214. The number of benzene rings is 2. The first kappa shape index (κ1) is 9.91. The topological polar surface area (TPSA) is 17.1 Å². The maximum absolute atomic E-state index is 10.8. The summed E-state index contributed by atoms with van der Waals surface area (Å²) in [6.45, 7) is 0. The van der Waals surface area contributed by atoms with Gasteiger partial charge in [0, 0.05) is 4.90 Å². The molecule has 2 aromatic carbocycles. The van der Waals surface area contributed by atoms with Crippen LogP contribution in [0.3, 0.4) is 0 Å². The predicted octanol–water partition coefficient (Wildman–Crippen LogP) is 3.45. The molecule has 1 heterocycles. The van der Waals surface area contributed by atoms with Gasteiger partial charge in [-0.05, 0) is 35.2 Å². The van der Waals surface area contributed by atoms with Gasteiger partial charge in [-0.3, -0.25) is 0 Å². The predicted molar refractivity (Wildman–Crippen MR) is 68.0 cm³/mol. The number of hydrogen-bond donors (Lipinski definition) is 0. The molecule has 3 rings (SSSR count). The minimum Gasteiger partial charge on any atom is -0.302 e. The average Bonchev–Trinajstić information content (AvgIpc) is 2.38. The second-order valence-corrected chi connectivity index (χ2v) is 5.38. The van der Waals surface area contributed by atoms with Crippen LogP contribution in [0, 0.1) is 0 Å². The second-order valence-electron chi connectivity index (χ2n) is 4.09. The lowest BCUT2D eigenvalue weighted by atomic mass is 9.99. The van der Waals surface area contributed by atoms with Gasteiger partial charge in [0.05, 0.1) is 5.25 Å². The molecule has 80 valence electrons. The van der Waals surface area contributed by atoms with Gasteiger partial charge in [-0.2, -0.15) is 0 Å². The first-order valence-electron chi connectivity index (χ1n) is 5.51. The molecule has 0 saturated heterocycles. The maximum Gasteiger partial charge on any atom is 0.133 e. The Balaban J connectivity index is 2.17. The minimum atomic E-state index is 0.147. The molecular weight excluding hydrogens is 216 g/mol. The van der Waals surface area contributed by atoms with Gasteiger partial charge in [0.2, 0.25) is 0 Å². The van der Waals surface area contributed by atoms with E-state index in [1.54, 1.807) is 11.8 Å². The normalized spacial score (nSPS) is 19.4. The van der Waals surface area contributed by atoms with E-state index in [2.05, 4.69) is 36.4 Å². The van der Waals surface area contributed by atoms with Crippen molar-refractivity contribution in [3.63, 3.8) is 0 Å². The highest BCUT2D eigenvalue weighted by molar-refractivity contribution is 8.00. The van der Waals surface area contributed by atoms with Crippen molar-refractivity contribution in [2.75, 3.05) is 0 Å². The van der Waals surface area contributed by atoms with E-state index in [4.69, 9.17) is 0 Å². The van der Waals surface area contributed by atoms with Crippen molar-refractivity contribution in [1.29, 1.82) is 0 Å². The Labute approximate surface area is 98.9 Å². The molecule has 2 heteroatoms. The first-order chi connectivity index (χ1) is 7.88. The van der Waals surface area contributed by atoms with Crippen molar-refractivity contribution in [1.82, 2.24) is 0 Å². The third-order valence-corrected chi connectivity index (χ3v) is 4.39. The van der Waals surface area contributed by atoms with Gasteiger partial charge >= 0.3 is 0 Å². The Kier molecular flexibility index (Phi) is 2.44. The number of fused-ring (bicyclic) bond motifs is 3. The molecular formula is C14H12OS. The summed E-state index contributed by atoms with van der Waals surface area (Å²) < 4.78 is 0. The molecule has 2 aromatic rings. The summed E-state index contributed by atoms with van der Waals surface area (Å²) in [7, 11) is 0. The molecule has 0 N–H and O–H groups in total. The number of carbonyl (C=O) groups is 1. The Morgan fingerprint density at radius 3 is 2.94 bits per heavy atom. The molecule has 0 aliphatic carbocycles. The lowest BCUT2D eigenvalue weighted by molar-refractivity contribution is -0.107. The van der Waals surface area contributed by atoms with Crippen LogP contribution in [0.2, 0.25) is 0 Å². The molecule has 0 radical (unpaired) electrons. The number of aldehydes is 1. The Morgan fingerprint density at radius 2 is 2.06 bits per heavy atom. The molecule has 0 fully saturated rings. The van der Waals surface area contributed by atoms with Crippen LogP contribution in [0.5, 0.6) is 0 Å². The van der Waals surface area contributed by atoms with Crippen molar-refractivity contribution in [3.8, 4) is 0 Å². The van der Waals surface area contributed by atoms with E-state index in [0.717, 1.165) is 19.1 Å². The lowest BCUT2D eigenvalue weighted by Crippen LogP contribution is -2.12. The molecule has 16 heavy (non-hydrogen) atoms. The zero-order valence-corrected chi connectivity index (χ0v) is 9.67. The van der Waals surface area contributed by atoms with Gasteiger partial charge in [0.25, 0.3) is 0 Å². The second kappa shape index (κ2) is 3.95. The van der Waals surface area contributed by atoms with E-state index in [1.807, 2.05) is 0 Å². The third-order valence-electron chi connectivity index (χ3n) is 3.11. The van der Waals surface area contributed by atoms with Crippen molar-refractivity contribution >= 4 is 28.8 Å². The molecule has 0 saturated carbocycles. The molecule has 1 atom stereocenters. The molecule has 0 spiro atoms. The van der Waals surface area contributed by atoms with Crippen LogP contribution in [-0.2, 0) is 11.2 Å². The third kappa shape index (κ3) is 1.54. The number of aryl methyl sites for hydroxylation is 1. The Bertz CT molecular complexity index is 547. The van der Waals surface area contributed by atoms with Crippen LogP contribution in [0.15, 0.2) is 41.3 Å². The number of thioether (sulfide) groups is 1. The van der Waals surface area contributed by atoms with Crippen LogP contribution in [0.4, 0.5) is 0 Å². The summed E-state index contributed by atoms with van der Waals surface area (Å²) in [5.74, 6) is 0. The summed E-state index contributed by atoms with van der Waals surface area (Å²) in [6, 6.07) is 12.8. The smallest absolute Gasteiger partial charge is 0.133 e. The van der Waals surface area contributed by atoms with Crippen molar-refractivity contribution in [2.45, 2.75) is 23.0 Å². The van der Waals surface area contributed by atoms with E-state index in [9.17, 15) is 4.79 Å². The van der Waals surface area contributed by atoms with E-state index in [-0.39, 0.29) is 5.25 Å². The molecule has 1 aliphatic heterocycles. The summed E-state index contributed by atoms with van der Waals surface area (Å²) >= 11 is 1.70. The zero-order chi connectivity index (χ0) is 11.0. The van der Waals surface area contributed by atoms with Gasteiger partial charge in [0.15, 0.2) is 0 Å². The lowest BCUT2D eigenvalue weighted by Gasteiger charge is -2.21. The minimum absolute atomic E-state index is 0.147. The molecule has 0 amide bonds. The number of carbonyl (C=O) groups excluding carboxylic acids is 1. The summed E-state index contributed by atoms with van der Waals surface area (Å²) in [4.78, 5) is 12.1. The fourth-order valence-corrected chi connectivity index (χ4v) is 3.41. The SMILES string of the molecule is O=CC1CCc2c(ccc3ccccc23)S1. The maximum atomic E-state index is 10.8. The fourth-order valence-electron chi connectivity index (χ4n) is 2.29. The highest BCUT2D eigenvalue weighted by Crippen LogP contribution is 2.38. The standard InChI is InChI=1S/C14H12OS/c15-9-11-6-7-13-12-4-2-1-3-10(12)5-8-14(13)16-11/h1-5,8-9,11H,6-7H2. The van der Waals surface area contributed by atoms with Crippen LogP contribution in [0.1, 0.15) is 12.0 Å². The Morgan fingerprint density at radius 1 is 1.19 bits per heavy atom. The van der Waals surface area contributed by atoms with Crippen molar-refractivity contribution in [2.24, 2.45) is 0 Å². The molecule has 0 aromatic heterocycles. The monoisotopic (exact) mass is 228 g/mol. The van der Waals surface area contributed by atoms with Gasteiger partial charge in [0.1, 0.15) is 6.29 Å². The largest absolute Gasteiger partial charge is 0.302 e. The van der Waals surface area contributed by atoms with Gasteiger partial charge in [-0.15, -0.1) is 11.8 Å². The van der Waals surface area contributed by atoms with E-state index in [0.29, 0.717) is 0 Å². The van der Waals surface area contributed by atoms with Crippen LogP contribution < -0.4 is 0 Å². The Hall–Kier alpha value is -1.28. The first-order valence-corrected chi connectivity index (χ1v) is 6.39. The van der Waals surface area contributed by atoms with Crippen molar-refractivity contribution < 1.29 is 4.79 Å². The van der Waals surface area contributed by atoms with Crippen LogP contribution >= 0.6 is 11.8 Å². The van der Waals surface area contributed by atoms with Gasteiger partial charge in [-0.25, -0.2) is 0 Å². The van der Waals surface area contributed by atoms with Crippen molar-refractivity contribution in [3.05, 3.63) is 42.0 Å².